The number of para-hydroxylation sites is 1. The van der Waals surface area contributed by atoms with E-state index in [1.54, 1.807) is 23.5 Å². The molecule has 1 N–H and O–H groups in total. The lowest BCUT2D eigenvalue weighted by Gasteiger charge is -2.35. The third-order valence-electron chi connectivity index (χ3n) is 5.53. The van der Waals surface area contributed by atoms with E-state index < -0.39 is 0 Å². The summed E-state index contributed by atoms with van der Waals surface area (Å²) in [6.45, 7) is 7.96. The molecule has 1 unspecified atom stereocenters. The van der Waals surface area contributed by atoms with Crippen molar-refractivity contribution < 1.29 is 9.18 Å². The topological polar surface area (TPSA) is 48.5 Å². The van der Waals surface area contributed by atoms with Crippen LogP contribution >= 0.6 is 11.3 Å². The van der Waals surface area contributed by atoms with Gasteiger partial charge in [0.25, 0.3) is 0 Å². The lowest BCUT2D eigenvalue weighted by Crippen LogP contribution is -2.52. The summed E-state index contributed by atoms with van der Waals surface area (Å²) < 4.78 is 14.5. The molecular weight excluding hydrogens is 399 g/mol. The molecule has 2 amide bonds. The van der Waals surface area contributed by atoms with Crippen LogP contribution in [0.4, 0.5) is 9.18 Å². The number of carbonyl (C=O) groups excluding carboxylic acids is 1. The van der Waals surface area contributed by atoms with Gasteiger partial charge < -0.3 is 10.2 Å². The Labute approximate surface area is 180 Å². The molecule has 7 heteroatoms. The van der Waals surface area contributed by atoms with Gasteiger partial charge in [0.05, 0.1) is 22.8 Å². The van der Waals surface area contributed by atoms with Gasteiger partial charge in [0, 0.05) is 26.2 Å². The van der Waals surface area contributed by atoms with E-state index in [1.165, 1.54) is 16.8 Å². The predicted molar refractivity (Wildman–Crippen MR) is 119 cm³/mol. The van der Waals surface area contributed by atoms with Crippen molar-refractivity contribution in [1.29, 1.82) is 0 Å². The predicted octanol–water partition coefficient (Wildman–Crippen LogP) is 4.66. The van der Waals surface area contributed by atoms with Gasteiger partial charge in [-0.1, -0.05) is 38.1 Å². The number of halogens is 1. The van der Waals surface area contributed by atoms with E-state index in [0.717, 1.165) is 35.7 Å². The maximum atomic E-state index is 13.3. The number of fused-ring (bicyclic) bond motifs is 1. The van der Waals surface area contributed by atoms with Crippen molar-refractivity contribution in [2.75, 3.05) is 26.2 Å². The Kier molecular flexibility index (Phi) is 6.29. The molecule has 0 saturated carbocycles. The summed E-state index contributed by atoms with van der Waals surface area (Å²) in [7, 11) is 0. The monoisotopic (exact) mass is 426 g/mol. The Morgan fingerprint density at radius 1 is 1.10 bits per heavy atom. The Bertz CT molecular complexity index is 963. The average molecular weight is 427 g/mol. The average Bonchev–Trinajstić information content (AvgIpc) is 3.15. The highest BCUT2D eigenvalue weighted by Gasteiger charge is 2.25. The molecule has 0 aliphatic carbocycles. The van der Waals surface area contributed by atoms with Crippen molar-refractivity contribution in [1.82, 2.24) is 20.1 Å². The fourth-order valence-corrected chi connectivity index (χ4v) is 4.83. The Hall–Kier alpha value is -2.51. The van der Waals surface area contributed by atoms with Crippen molar-refractivity contribution in [2.45, 2.75) is 26.4 Å². The first kappa shape index (κ1) is 20.8. The van der Waals surface area contributed by atoms with Gasteiger partial charge in [-0.2, -0.15) is 0 Å². The van der Waals surface area contributed by atoms with Crippen molar-refractivity contribution in [2.24, 2.45) is 5.92 Å². The largest absolute Gasteiger partial charge is 0.331 e. The second kappa shape index (κ2) is 9.10. The first-order valence-electron chi connectivity index (χ1n) is 10.4. The highest BCUT2D eigenvalue weighted by atomic mass is 32.1. The number of aromatic nitrogens is 1. The van der Waals surface area contributed by atoms with E-state index in [4.69, 9.17) is 4.98 Å². The van der Waals surface area contributed by atoms with Crippen molar-refractivity contribution in [3.05, 3.63) is 64.9 Å². The zero-order chi connectivity index (χ0) is 21.1. The van der Waals surface area contributed by atoms with Gasteiger partial charge in [0.2, 0.25) is 0 Å². The molecule has 1 saturated heterocycles. The number of thiazole rings is 1. The Morgan fingerprint density at radius 2 is 1.80 bits per heavy atom. The molecule has 158 valence electrons. The minimum atomic E-state index is -0.267. The van der Waals surface area contributed by atoms with Gasteiger partial charge in [0.15, 0.2) is 0 Å². The van der Waals surface area contributed by atoms with Crippen LogP contribution in [-0.4, -0.2) is 47.0 Å². The number of amides is 2. The maximum absolute atomic E-state index is 13.3. The summed E-state index contributed by atoms with van der Waals surface area (Å²) in [5.41, 5.74) is 1.98. The molecule has 2 heterocycles. The molecular formula is C23H27FN4OS. The van der Waals surface area contributed by atoms with Crippen LogP contribution in [0.3, 0.4) is 0 Å². The summed E-state index contributed by atoms with van der Waals surface area (Å²) >= 11 is 1.74. The summed E-state index contributed by atoms with van der Waals surface area (Å²) in [6.07, 6.45) is 0. The number of hydrogen-bond donors (Lipinski definition) is 1. The highest BCUT2D eigenvalue weighted by molar-refractivity contribution is 7.18. The molecule has 4 rings (SSSR count). The number of nitrogens with zero attached hydrogens (tertiary/aromatic N) is 3. The van der Waals surface area contributed by atoms with Gasteiger partial charge in [-0.15, -0.1) is 11.3 Å². The summed E-state index contributed by atoms with van der Waals surface area (Å²) in [5.74, 6) is -0.0587. The van der Waals surface area contributed by atoms with Crippen LogP contribution < -0.4 is 5.32 Å². The van der Waals surface area contributed by atoms with E-state index in [1.807, 2.05) is 23.1 Å². The van der Waals surface area contributed by atoms with Crippen LogP contribution in [0, 0.1) is 11.7 Å². The molecule has 0 bridgehead atoms. The fraction of sp³-hybridized carbons (Fsp3) is 0.391. The number of urea groups is 1. The van der Waals surface area contributed by atoms with Crippen LogP contribution in [0.2, 0.25) is 0 Å². The molecule has 0 spiro atoms. The third kappa shape index (κ3) is 4.79. The lowest BCUT2D eigenvalue weighted by molar-refractivity contribution is 0.131. The van der Waals surface area contributed by atoms with E-state index >= 15 is 0 Å². The molecule has 2 aromatic carbocycles. The molecule has 1 aliphatic heterocycles. The molecule has 1 aliphatic rings. The van der Waals surface area contributed by atoms with Gasteiger partial charge in [-0.25, -0.2) is 14.2 Å². The van der Waals surface area contributed by atoms with Crippen molar-refractivity contribution in [3.8, 4) is 0 Å². The van der Waals surface area contributed by atoms with E-state index in [-0.39, 0.29) is 23.8 Å². The number of rotatable bonds is 5. The molecule has 1 atom stereocenters. The van der Waals surface area contributed by atoms with Gasteiger partial charge >= 0.3 is 6.03 Å². The van der Waals surface area contributed by atoms with E-state index in [0.29, 0.717) is 13.1 Å². The van der Waals surface area contributed by atoms with Crippen LogP contribution in [0.1, 0.15) is 30.5 Å². The van der Waals surface area contributed by atoms with Crippen molar-refractivity contribution in [3.63, 3.8) is 0 Å². The Balaban J connectivity index is 1.32. The third-order valence-corrected chi connectivity index (χ3v) is 6.55. The molecule has 3 aromatic rings. The van der Waals surface area contributed by atoms with Crippen LogP contribution in [0.25, 0.3) is 10.2 Å². The number of hydrogen-bond acceptors (Lipinski definition) is 4. The highest BCUT2D eigenvalue weighted by Crippen LogP contribution is 2.24. The first-order chi connectivity index (χ1) is 14.5. The number of piperazine rings is 1. The number of carbonyl (C=O) groups is 1. The number of nitrogens with one attached hydrogen (secondary N) is 1. The van der Waals surface area contributed by atoms with Crippen LogP contribution in [0.15, 0.2) is 48.5 Å². The second-order valence-electron chi connectivity index (χ2n) is 8.06. The van der Waals surface area contributed by atoms with E-state index in [2.05, 4.69) is 30.1 Å². The molecule has 1 aromatic heterocycles. The molecule has 0 radical (unpaired) electrons. The lowest BCUT2D eigenvalue weighted by atomic mass is 9.96. The smallest absolute Gasteiger partial charge is 0.317 e. The second-order valence-corrected chi connectivity index (χ2v) is 9.18. The molecule has 5 nitrogen and oxygen atoms in total. The van der Waals surface area contributed by atoms with Gasteiger partial charge in [-0.3, -0.25) is 4.90 Å². The quantitative estimate of drug-likeness (QED) is 0.646. The zero-order valence-corrected chi connectivity index (χ0v) is 18.2. The first-order valence-corrected chi connectivity index (χ1v) is 11.2. The minimum Gasteiger partial charge on any atom is -0.331 e. The van der Waals surface area contributed by atoms with Crippen LogP contribution in [-0.2, 0) is 6.54 Å². The van der Waals surface area contributed by atoms with Gasteiger partial charge in [-0.05, 0) is 35.7 Å². The zero-order valence-electron chi connectivity index (χ0n) is 17.3. The maximum Gasteiger partial charge on any atom is 0.317 e. The summed E-state index contributed by atoms with van der Waals surface area (Å²) in [4.78, 5) is 21.8. The molecule has 1 fully saturated rings. The van der Waals surface area contributed by atoms with Crippen LogP contribution in [0.5, 0.6) is 0 Å². The summed E-state index contributed by atoms with van der Waals surface area (Å²) in [6, 6.07) is 14.4. The summed E-state index contributed by atoms with van der Waals surface area (Å²) in [5, 5.41) is 4.26. The SMILES string of the molecule is CC(C)C(NC(=O)N1CCN(Cc2nc3ccccc3s2)CC1)c1ccc(F)cc1. The fourth-order valence-electron chi connectivity index (χ4n) is 3.82. The Morgan fingerprint density at radius 3 is 2.47 bits per heavy atom. The van der Waals surface area contributed by atoms with E-state index in [9.17, 15) is 9.18 Å². The van der Waals surface area contributed by atoms with Crippen molar-refractivity contribution >= 4 is 27.6 Å². The van der Waals surface area contributed by atoms with Gasteiger partial charge in [0.1, 0.15) is 10.8 Å². The number of benzene rings is 2. The minimum absolute atomic E-state index is 0.0577. The standard InChI is InChI=1S/C23H27FN4OS/c1-16(2)22(17-7-9-18(24)10-8-17)26-23(29)28-13-11-27(12-14-28)15-21-25-19-5-3-4-6-20(19)30-21/h3-10,16,22H,11-15H2,1-2H3,(H,26,29). The molecule has 30 heavy (non-hydrogen) atoms. The normalized spacial score (nSPS) is 16.2.